The van der Waals surface area contributed by atoms with Crippen molar-refractivity contribution >= 4 is 28.8 Å². The van der Waals surface area contributed by atoms with Crippen molar-refractivity contribution in [3.63, 3.8) is 0 Å². The van der Waals surface area contributed by atoms with Gasteiger partial charge < -0.3 is 14.6 Å². The normalized spacial score (nSPS) is 13.8. The molecule has 2 aromatic heterocycles. The Labute approximate surface area is 160 Å². The molecule has 0 bridgehead atoms. The second-order valence-electron chi connectivity index (χ2n) is 7.14. The molecular formula is C19H21N5O4. The van der Waals surface area contributed by atoms with Gasteiger partial charge in [0, 0.05) is 25.8 Å². The van der Waals surface area contributed by atoms with Crippen LogP contribution in [0.25, 0.3) is 11.2 Å². The van der Waals surface area contributed by atoms with Gasteiger partial charge in [-0.05, 0) is 43.5 Å². The van der Waals surface area contributed by atoms with Gasteiger partial charge in [-0.1, -0.05) is 6.07 Å². The van der Waals surface area contributed by atoms with E-state index in [4.69, 9.17) is 5.11 Å². The van der Waals surface area contributed by atoms with Crippen LogP contribution in [0, 0.1) is 13.8 Å². The molecule has 1 aliphatic rings. The molecule has 0 saturated carbocycles. The van der Waals surface area contributed by atoms with Crippen molar-refractivity contribution < 1.29 is 9.90 Å². The van der Waals surface area contributed by atoms with E-state index in [2.05, 4.69) is 11.1 Å². The first-order valence-electron chi connectivity index (χ1n) is 9.06. The van der Waals surface area contributed by atoms with Crippen LogP contribution in [-0.4, -0.2) is 36.3 Å². The molecule has 9 heteroatoms. The zero-order chi connectivity index (χ0) is 20.2. The Hall–Kier alpha value is -3.36. The Bertz CT molecular complexity index is 1230. The monoisotopic (exact) mass is 383 g/mol. The highest BCUT2D eigenvalue weighted by Gasteiger charge is 2.27. The minimum Gasteiger partial charge on any atom is -0.480 e. The van der Waals surface area contributed by atoms with Crippen molar-refractivity contribution in [1.29, 1.82) is 0 Å². The predicted octanol–water partition coefficient (Wildman–Crippen LogP) is 1.14. The number of fused-ring (bicyclic) bond motifs is 3. The Kier molecular flexibility index (Phi) is 4.10. The SMILES string of the molecule is Cc1ccc(N2CCCn3c2nc2c3c(=O)n(CC(=O)O)c(=O)n2C)cc1C. The van der Waals surface area contributed by atoms with Crippen LogP contribution in [0.3, 0.4) is 0 Å². The maximum absolute atomic E-state index is 12.9. The summed E-state index contributed by atoms with van der Waals surface area (Å²) in [6.07, 6.45) is 0.798. The molecule has 146 valence electrons. The van der Waals surface area contributed by atoms with Gasteiger partial charge in [0.25, 0.3) is 5.56 Å². The van der Waals surface area contributed by atoms with Crippen molar-refractivity contribution in [2.75, 3.05) is 11.4 Å². The molecule has 0 aliphatic carbocycles. The van der Waals surface area contributed by atoms with Crippen LogP contribution >= 0.6 is 0 Å². The third-order valence-electron chi connectivity index (χ3n) is 5.31. The number of aliphatic carboxylic acids is 1. The van der Waals surface area contributed by atoms with Crippen LogP contribution in [0.1, 0.15) is 17.5 Å². The average molecular weight is 383 g/mol. The summed E-state index contributed by atoms with van der Waals surface area (Å²) in [7, 11) is 1.50. The summed E-state index contributed by atoms with van der Waals surface area (Å²) in [5.41, 5.74) is 2.52. The number of carboxylic acid groups (broad SMARTS) is 1. The van der Waals surface area contributed by atoms with Gasteiger partial charge in [0.1, 0.15) is 6.54 Å². The lowest BCUT2D eigenvalue weighted by Gasteiger charge is -2.29. The average Bonchev–Trinajstić information content (AvgIpc) is 3.05. The van der Waals surface area contributed by atoms with Crippen molar-refractivity contribution in [2.45, 2.75) is 33.4 Å². The third kappa shape index (κ3) is 2.62. The molecule has 0 unspecified atom stereocenters. The van der Waals surface area contributed by atoms with E-state index in [1.54, 1.807) is 4.57 Å². The lowest BCUT2D eigenvalue weighted by molar-refractivity contribution is -0.137. The number of imidazole rings is 1. The molecule has 0 radical (unpaired) electrons. The fraction of sp³-hybridized carbons (Fsp3) is 0.368. The molecule has 9 nitrogen and oxygen atoms in total. The molecule has 1 aromatic carbocycles. The van der Waals surface area contributed by atoms with Crippen LogP contribution in [-0.2, 0) is 24.9 Å². The number of rotatable bonds is 3. The third-order valence-corrected chi connectivity index (χ3v) is 5.31. The van der Waals surface area contributed by atoms with Gasteiger partial charge in [-0.3, -0.25) is 14.2 Å². The topological polar surface area (TPSA) is 102 Å². The number of benzene rings is 1. The molecule has 1 N–H and O–H groups in total. The zero-order valence-corrected chi connectivity index (χ0v) is 16.0. The maximum atomic E-state index is 12.9. The first-order chi connectivity index (χ1) is 13.3. The lowest BCUT2D eigenvalue weighted by Crippen LogP contribution is -2.41. The summed E-state index contributed by atoms with van der Waals surface area (Å²) in [5, 5.41) is 9.07. The first-order valence-corrected chi connectivity index (χ1v) is 9.06. The van der Waals surface area contributed by atoms with Gasteiger partial charge in [0.15, 0.2) is 11.2 Å². The number of hydrogen-bond acceptors (Lipinski definition) is 5. The molecule has 0 fully saturated rings. The van der Waals surface area contributed by atoms with Crippen molar-refractivity contribution in [3.05, 3.63) is 50.2 Å². The number of aromatic nitrogens is 4. The number of carboxylic acids is 1. The zero-order valence-electron chi connectivity index (χ0n) is 16.0. The first kappa shape index (κ1) is 18.0. The second kappa shape index (κ2) is 6.36. The standard InChI is InChI=1S/C19H21N5O4/c1-11-5-6-13(9-12(11)2)22-7-4-8-23-15-16(20-18(22)23)21(3)19(28)24(17(15)27)10-14(25)26/h5-6,9H,4,7-8,10H2,1-3H3,(H,25,26). The maximum Gasteiger partial charge on any atom is 0.333 e. The van der Waals surface area contributed by atoms with Gasteiger partial charge in [-0.15, -0.1) is 0 Å². The largest absolute Gasteiger partial charge is 0.480 e. The van der Waals surface area contributed by atoms with E-state index in [-0.39, 0.29) is 11.2 Å². The highest BCUT2D eigenvalue weighted by molar-refractivity contribution is 5.77. The molecule has 0 amide bonds. The molecule has 0 spiro atoms. The Morgan fingerprint density at radius 2 is 1.93 bits per heavy atom. The Morgan fingerprint density at radius 1 is 1.18 bits per heavy atom. The predicted molar refractivity (Wildman–Crippen MR) is 104 cm³/mol. The smallest absolute Gasteiger partial charge is 0.333 e. The van der Waals surface area contributed by atoms with Crippen LogP contribution in [0.15, 0.2) is 27.8 Å². The van der Waals surface area contributed by atoms with E-state index in [1.165, 1.54) is 17.2 Å². The minimum absolute atomic E-state index is 0.256. The fourth-order valence-corrected chi connectivity index (χ4v) is 3.68. The van der Waals surface area contributed by atoms with Crippen LogP contribution in [0.4, 0.5) is 11.6 Å². The molecule has 1 aliphatic heterocycles. The fourth-order valence-electron chi connectivity index (χ4n) is 3.68. The summed E-state index contributed by atoms with van der Waals surface area (Å²) < 4.78 is 3.77. The number of hydrogen-bond donors (Lipinski definition) is 1. The quantitative estimate of drug-likeness (QED) is 0.728. The van der Waals surface area contributed by atoms with Crippen molar-refractivity contribution in [2.24, 2.45) is 7.05 Å². The van der Waals surface area contributed by atoms with Gasteiger partial charge in [-0.25, -0.2) is 9.36 Å². The molecule has 3 aromatic rings. The summed E-state index contributed by atoms with van der Waals surface area (Å²) in [4.78, 5) is 43.1. The highest BCUT2D eigenvalue weighted by Crippen LogP contribution is 2.31. The molecule has 4 rings (SSSR count). The van der Waals surface area contributed by atoms with E-state index in [9.17, 15) is 14.4 Å². The Balaban J connectivity index is 1.98. The number of nitrogens with zero attached hydrogens (tertiary/aromatic N) is 5. The number of anilines is 2. The van der Waals surface area contributed by atoms with Crippen LogP contribution in [0.5, 0.6) is 0 Å². The van der Waals surface area contributed by atoms with Gasteiger partial charge in [0.2, 0.25) is 5.95 Å². The highest BCUT2D eigenvalue weighted by atomic mass is 16.4. The van der Waals surface area contributed by atoms with E-state index >= 15 is 0 Å². The minimum atomic E-state index is -1.24. The number of carbonyl (C=O) groups is 1. The van der Waals surface area contributed by atoms with Gasteiger partial charge in [-0.2, -0.15) is 4.98 Å². The second-order valence-corrected chi connectivity index (χ2v) is 7.14. The van der Waals surface area contributed by atoms with E-state index < -0.39 is 23.8 Å². The van der Waals surface area contributed by atoms with E-state index in [0.29, 0.717) is 12.5 Å². The lowest BCUT2D eigenvalue weighted by atomic mass is 10.1. The van der Waals surface area contributed by atoms with Crippen LogP contribution in [0.2, 0.25) is 0 Å². The van der Waals surface area contributed by atoms with Crippen molar-refractivity contribution in [1.82, 2.24) is 18.7 Å². The molecule has 0 atom stereocenters. The molecule has 28 heavy (non-hydrogen) atoms. The van der Waals surface area contributed by atoms with E-state index in [0.717, 1.165) is 28.8 Å². The molecular weight excluding hydrogens is 362 g/mol. The summed E-state index contributed by atoms with van der Waals surface area (Å²) in [6.45, 7) is 4.73. The van der Waals surface area contributed by atoms with Gasteiger partial charge >= 0.3 is 11.7 Å². The van der Waals surface area contributed by atoms with Crippen LogP contribution < -0.4 is 16.1 Å². The van der Waals surface area contributed by atoms with E-state index in [1.807, 2.05) is 30.9 Å². The summed E-state index contributed by atoms with van der Waals surface area (Å²) in [5.74, 6) is -0.654. The Morgan fingerprint density at radius 3 is 2.61 bits per heavy atom. The summed E-state index contributed by atoms with van der Waals surface area (Å²) >= 11 is 0. The molecule has 0 saturated heterocycles. The summed E-state index contributed by atoms with van der Waals surface area (Å²) in [6, 6.07) is 6.13. The van der Waals surface area contributed by atoms with Crippen molar-refractivity contribution in [3.8, 4) is 0 Å². The van der Waals surface area contributed by atoms with Gasteiger partial charge in [0.05, 0.1) is 0 Å². The number of aryl methyl sites for hydroxylation is 4. The molecule has 3 heterocycles.